The summed E-state index contributed by atoms with van der Waals surface area (Å²) in [6.45, 7) is 0.445. The van der Waals surface area contributed by atoms with E-state index in [1.807, 2.05) is 24.3 Å². The van der Waals surface area contributed by atoms with Crippen LogP contribution in [-0.4, -0.2) is 33.5 Å². The zero-order chi connectivity index (χ0) is 13.8. The Morgan fingerprint density at radius 3 is 2.68 bits per heavy atom. The van der Waals surface area contributed by atoms with Crippen molar-refractivity contribution in [1.29, 1.82) is 0 Å². The fourth-order valence-electron chi connectivity index (χ4n) is 1.59. The predicted molar refractivity (Wildman–Crippen MR) is 74.9 cm³/mol. The number of aromatic nitrogens is 3. The third kappa shape index (κ3) is 3.33. The summed E-state index contributed by atoms with van der Waals surface area (Å²) < 4.78 is 6.98. The van der Waals surface area contributed by atoms with E-state index in [0.29, 0.717) is 11.3 Å². The zero-order valence-corrected chi connectivity index (χ0v) is 12.5. The highest BCUT2D eigenvalue weighted by Crippen LogP contribution is 2.14. The first-order valence-corrected chi connectivity index (χ1v) is 6.79. The lowest BCUT2D eigenvalue weighted by atomic mass is 10.2. The van der Waals surface area contributed by atoms with Crippen molar-refractivity contribution in [1.82, 2.24) is 14.8 Å². The van der Waals surface area contributed by atoms with Crippen molar-refractivity contribution in [3.05, 3.63) is 40.4 Å². The van der Waals surface area contributed by atoms with Crippen LogP contribution in [0.3, 0.4) is 0 Å². The summed E-state index contributed by atoms with van der Waals surface area (Å²) in [5, 5.41) is 4.13. The van der Waals surface area contributed by atoms with E-state index < -0.39 is 0 Å². The van der Waals surface area contributed by atoms with Crippen LogP contribution in [0.25, 0.3) is 0 Å². The van der Waals surface area contributed by atoms with Crippen LogP contribution in [0.2, 0.25) is 0 Å². The number of carbonyl (C=O) groups excluding carboxylic acids is 1. The number of Topliss-reactive ketones (excluding diaryl/α,β-unsaturated/α-hetero) is 1. The summed E-state index contributed by atoms with van der Waals surface area (Å²) in [5.74, 6) is 0.653. The third-order valence-corrected chi connectivity index (χ3v) is 3.09. The number of halogens is 2. The molecule has 0 atom stereocenters. The Morgan fingerprint density at radius 2 is 2.11 bits per heavy atom. The van der Waals surface area contributed by atoms with Gasteiger partial charge in [-0.1, -0.05) is 12.1 Å². The van der Waals surface area contributed by atoms with Crippen LogP contribution in [0.4, 0.5) is 0 Å². The van der Waals surface area contributed by atoms with Crippen LogP contribution in [0, 0.1) is 0 Å². The molecule has 2 rings (SSSR count). The second-order valence-corrected chi connectivity index (χ2v) is 4.74. The molecule has 0 aliphatic rings. The Bertz CT molecular complexity index is 583. The van der Waals surface area contributed by atoms with Crippen LogP contribution < -0.4 is 4.74 Å². The second kappa shape index (κ2) is 6.16. The first kappa shape index (κ1) is 14.0. The zero-order valence-electron chi connectivity index (χ0n) is 10.1. The van der Waals surface area contributed by atoms with Gasteiger partial charge < -0.3 is 4.74 Å². The highest BCUT2D eigenvalue weighted by atomic mass is 79.9. The summed E-state index contributed by atoms with van der Waals surface area (Å²) in [7, 11) is 1.61. The van der Waals surface area contributed by atoms with E-state index in [1.165, 1.54) is 4.68 Å². The van der Waals surface area contributed by atoms with E-state index >= 15 is 0 Å². The number of alkyl halides is 1. The first-order chi connectivity index (χ1) is 9.13. The van der Waals surface area contributed by atoms with Gasteiger partial charge in [-0.2, -0.15) is 4.98 Å². The molecule has 0 saturated carbocycles. The molecule has 19 heavy (non-hydrogen) atoms. The Hall–Kier alpha value is -1.40. The number of benzene rings is 1. The van der Waals surface area contributed by atoms with Gasteiger partial charge in [0.05, 0.1) is 19.5 Å². The van der Waals surface area contributed by atoms with Gasteiger partial charge >= 0.3 is 0 Å². The lowest BCUT2D eigenvalue weighted by molar-refractivity contribution is 0.100. The van der Waals surface area contributed by atoms with Crippen LogP contribution in [-0.2, 0) is 6.54 Å². The fraction of sp³-hybridized carbons (Fsp3) is 0.250. The van der Waals surface area contributed by atoms with Crippen LogP contribution in [0.5, 0.6) is 5.75 Å². The number of ether oxygens (including phenoxy) is 1. The van der Waals surface area contributed by atoms with E-state index in [-0.39, 0.29) is 17.5 Å². The van der Waals surface area contributed by atoms with Gasteiger partial charge in [-0.25, -0.2) is 4.68 Å². The Morgan fingerprint density at radius 1 is 1.42 bits per heavy atom. The van der Waals surface area contributed by atoms with Gasteiger partial charge in [0, 0.05) is 0 Å². The van der Waals surface area contributed by atoms with Gasteiger partial charge in [-0.15, -0.1) is 16.7 Å². The SMILES string of the molecule is COc1ccc(Cn2nc(Br)nc2C(=O)CCl)cc1. The quantitative estimate of drug-likeness (QED) is 0.618. The molecule has 5 nitrogen and oxygen atoms in total. The Balaban J connectivity index is 2.24. The summed E-state index contributed by atoms with van der Waals surface area (Å²) in [4.78, 5) is 15.7. The minimum Gasteiger partial charge on any atom is -0.497 e. The molecule has 0 amide bonds. The maximum absolute atomic E-state index is 11.6. The molecular weight excluding hydrogens is 334 g/mol. The van der Waals surface area contributed by atoms with E-state index in [2.05, 4.69) is 26.0 Å². The van der Waals surface area contributed by atoms with Gasteiger partial charge in [0.25, 0.3) is 0 Å². The van der Waals surface area contributed by atoms with E-state index in [9.17, 15) is 4.79 Å². The maximum atomic E-state index is 11.6. The number of ketones is 1. The van der Waals surface area contributed by atoms with Crippen molar-refractivity contribution in [3.8, 4) is 5.75 Å². The topological polar surface area (TPSA) is 57.0 Å². The van der Waals surface area contributed by atoms with Crippen molar-refractivity contribution in [2.24, 2.45) is 0 Å². The van der Waals surface area contributed by atoms with Crippen molar-refractivity contribution in [2.45, 2.75) is 6.54 Å². The molecule has 0 aliphatic heterocycles. The smallest absolute Gasteiger partial charge is 0.217 e. The molecule has 0 aliphatic carbocycles. The van der Waals surface area contributed by atoms with Gasteiger partial charge in [-0.05, 0) is 33.6 Å². The van der Waals surface area contributed by atoms with Crippen LogP contribution in [0.15, 0.2) is 29.0 Å². The molecule has 1 aromatic heterocycles. The van der Waals surface area contributed by atoms with E-state index in [1.54, 1.807) is 7.11 Å². The van der Waals surface area contributed by atoms with Crippen LogP contribution >= 0.6 is 27.5 Å². The molecule has 100 valence electrons. The van der Waals surface area contributed by atoms with Gasteiger partial charge in [-0.3, -0.25) is 4.79 Å². The number of methoxy groups -OCH3 is 1. The van der Waals surface area contributed by atoms with Crippen LogP contribution in [0.1, 0.15) is 16.2 Å². The fourth-order valence-corrected chi connectivity index (χ4v) is 2.07. The maximum Gasteiger partial charge on any atom is 0.217 e. The van der Waals surface area contributed by atoms with E-state index in [4.69, 9.17) is 16.3 Å². The number of rotatable bonds is 5. The van der Waals surface area contributed by atoms with Gasteiger partial charge in [0.15, 0.2) is 5.82 Å². The summed E-state index contributed by atoms with van der Waals surface area (Å²) in [6.07, 6.45) is 0. The molecule has 0 radical (unpaired) electrons. The average Bonchev–Trinajstić information content (AvgIpc) is 2.79. The highest BCUT2D eigenvalue weighted by Gasteiger charge is 2.15. The highest BCUT2D eigenvalue weighted by molar-refractivity contribution is 9.10. The van der Waals surface area contributed by atoms with Crippen molar-refractivity contribution in [3.63, 3.8) is 0 Å². The normalized spacial score (nSPS) is 10.5. The standard InChI is InChI=1S/C12H11BrClN3O2/c1-19-9-4-2-8(3-5-9)7-17-11(10(18)6-14)15-12(13)16-17/h2-5H,6-7H2,1H3. The molecule has 0 unspecified atom stereocenters. The molecule has 0 bridgehead atoms. The molecule has 1 aromatic carbocycles. The molecule has 1 heterocycles. The lowest BCUT2D eigenvalue weighted by Gasteiger charge is -2.05. The first-order valence-electron chi connectivity index (χ1n) is 5.46. The summed E-state index contributed by atoms with van der Waals surface area (Å²) in [6, 6.07) is 7.52. The Kier molecular flexibility index (Phi) is 4.55. The number of nitrogens with zero attached hydrogens (tertiary/aromatic N) is 3. The molecule has 2 aromatic rings. The third-order valence-electron chi connectivity index (χ3n) is 2.51. The second-order valence-electron chi connectivity index (χ2n) is 3.77. The minimum atomic E-state index is -0.256. The number of hydrogen-bond acceptors (Lipinski definition) is 4. The predicted octanol–water partition coefficient (Wildman–Crippen LogP) is 2.52. The van der Waals surface area contributed by atoms with Gasteiger partial charge in [0.1, 0.15) is 5.75 Å². The van der Waals surface area contributed by atoms with Crippen molar-refractivity contribution < 1.29 is 9.53 Å². The lowest BCUT2D eigenvalue weighted by Crippen LogP contribution is -2.13. The summed E-state index contributed by atoms with van der Waals surface area (Å²) >= 11 is 8.71. The number of hydrogen-bond donors (Lipinski definition) is 0. The van der Waals surface area contributed by atoms with E-state index in [0.717, 1.165) is 11.3 Å². The molecule has 0 N–H and O–H groups in total. The molecule has 7 heteroatoms. The Labute approximate surface area is 123 Å². The monoisotopic (exact) mass is 343 g/mol. The molecule has 0 fully saturated rings. The van der Waals surface area contributed by atoms with Gasteiger partial charge in [0.2, 0.25) is 10.5 Å². The average molecular weight is 345 g/mol. The number of carbonyl (C=O) groups is 1. The summed E-state index contributed by atoms with van der Waals surface area (Å²) in [5.41, 5.74) is 0.988. The van der Waals surface area contributed by atoms with Crippen molar-refractivity contribution in [2.75, 3.05) is 13.0 Å². The minimum absolute atomic E-state index is 0.117. The largest absolute Gasteiger partial charge is 0.497 e. The molecule has 0 saturated heterocycles. The van der Waals surface area contributed by atoms with Crippen molar-refractivity contribution >= 4 is 33.3 Å². The molecule has 0 spiro atoms. The molecular formula is C12H11BrClN3O2.